The number of carbonyl (C=O) groups is 1. The molecule has 1 amide bonds. The van der Waals surface area contributed by atoms with E-state index in [-0.39, 0.29) is 5.91 Å². The average molecular weight is 198 g/mol. The smallest absolute Gasteiger partial charge is 0.273 e. The highest BCUT2D eigenvalue weighted by molar-refractivity contribution is 5.91. The van der Waals surface area contributed by atoms with Gasteiger partial charge in [-0.05, 0) is 6.42 Å². The van der Waals surface area contributed by atoms with Gasteiger partial charge in [0.2, 0.25) is 0 Å². The lowest BCUT2D eigenvalue weighted by molar-refractivity contribution is 0.0943. The van der Waals surface area contributed by atoms with Gasteiger partial charge in [0.05, 0.1) is 6.20 Å². The second kappa shape index (κ2) is 5.33. The monoisotopic (exact) mass is 198 g/mol. The van der Waals surface area contributed by atoms with Gasteiger partial charge in [-0.3, -0.25) is 4.79 Å². The van der Waals surface area contributed by atoms with E-state index in [1.165, 1.54) is 11.0 Å². The summed E-state index contributed by atoms with van der Waals surface area (Å²) in [6.07, 6.45) is 2.23. The molecule has 0 unspecified atom stereocenters. The fourth-order valence-electron chi connectivity index (χ4n) is 0.959. The lowest BCUT2D eigenvalue weighted by Gasteiger charge is -2.01. The van der Waals surface area contributed by atoms with Crippen molar-refractivity contribution in [3.8, 4) is 0 Å². The Balaban J connectivity index is 2.29. The summed E-state index contributed by atoms with van der Waals surface area (Å²) in [5.74, 6) is -0.200. The summed E-state index contributed by atoms with van der Waals surface area (Å²) in [5.41, 5.74) is 0.338. The molecule has 1 aromatic rings. The molecule has 0 atom stereocenters. The van der Waals surface area contributed by atoms with E-state index in [4.69, 9.17) is 4.74 Å². The van der Waals surface area contributed by atoms with E-state index < -0.39 is 0 Å². The van der Waals surface area contributed by atoms with Crippen molar-refractivity contribution in [2.75, 3.05) is 20.3 Å². The summed E-state index contributed by atoms with van der Waals surface area (Å²) in [6.45, 7) is 1.23. The van der Waals surface area contributed by atoms with Crippen molar-refractivity contribution in [3.05, 3.63) is 11.9 Å². The van der Waals surface area contributed by atoms with Crippen molar-refractivity contribution < 1.29 is 9.53 Å². The summed E-state index contributed by atoms with van der Waals surface area (Å²) in [5, 5.41) is 10.4. The maximum atomic E-state index is 11.4. The van der Waals surface area contributed by atoms with E-state index in [0.717, 1.165) is 6.42 Å². The second-order valence-electron chi connectivity index (χ2n) is 2.82. The zero-order valence-corrected chi connectivity index (χ0v) is 8.36. The number of amides is 1. The van der Waals surface area contributed by atoms with Crippen molar-refractivity contribution in [2.45, 2.75) is 6.42 Å². The molecule has 0 radical (unpaired) electrons. The first-order chi connectivity index (χ1) is 6.74. The third-order valence-electron chi connectivity index (χ3n) is 1.64. The molecule has 1 aromatic heterocycles. The summed E-state index contributed by atoms with van der Waals surface area (Å²) in [4.78, 5) is 12.7. The van der Waals surface area contributed by atoms with Gasteiger partial charge < -0.3 is 10.1 Å². The Bertz CT molecular complexity index is 297. The SMILES string of the molecule is COCCCNC(=O)c1cnn(C)n1. The van der Waals surface area contributed by atoms with Gasteiger partial charge in [-0.25, -0.2) is 0 Å². The Kier molecular flexibility index (Phi) is 4.06. The Morgan fingerprint density at radius 1 is 1.71 bits per heavy atom. The molecule has 0 spiro atoms. The van der Waals surface area contributed by atoms with E-state index in [0.29, 0.717) is 18.8 Å². The highest BCUT2D eigenvalue weighted by atomic mass is 16.5. The van der Waals surface area contributed by atoms with E-state index >= 15 is 0 Å². The minimum Gasteiger partial charge on any atom is -0.385 e. The van der Waals surface area contributed by atoms with Gasteiger partial charge in [-0.15, -0.1) is 5.10 Å². The molecule has 0 fully saturated rings. The molecule has 0 bridgehead atoms. The van der Waals surface area contributed by atoms with Crippen molar-refractivity contribution >= 4 is 5.91 Å². The lowest BCUT2D eigenvalue weighted by atomic mass is 10.4. The number of rotatable bonds is 5. The fraction of sp³-hybridized carbons (Fsp3) is 0.625. The van der Waals surface area contributed by atoms with Gasteiger partial charge in [0.15, 0.2) is 5.69 Å². The van der Waals surface area contributed by atoms with E-state index in [9.17, 15) is 4.79 Å². The number of aryl methyl sites for hydroxylation is 1. The van der Waals surface area contributed by atoms with Crippen LogP contribution in [0.25, 0.3) is 0 Å². The molecular weight excluding hydrogens is 184 g/mol. The maximum Gasteiger partial charge on any atom is 0.273 e. The molecule has 0 aromatic carbocycles. The van der Waals surface area contributed by atoms with Crippen molar-refractivity contribution in [1.29, 1.82) is 0 Å². The van der Waals surface area contributed by atoms with Crippen LogP contribution >= 0.6 is 0 Å². The summed E-state index contributed by atoms with van der Waals surface area (Å²) in [6, 6.07) is 0. The minimum atomic E-state index is -0.200. The molecule has 0 aliphatic carbocycles. The summed E-state index contributed by atoms with van der Waals surface area (Å²) < 4.78 is 4.85. The number of nitrogens with zero attached hydrogens (tertiary/aromatic N) is 3. The molecule has 1 heterocycles. The Morgan fingerprint density at radius 3 is 3.07 bits per heavy atom. The van der Waals surface area contributed by atoms with Gasteiger partial charge in [0, 0.05) is 27.3 Å². The molecule has 6 heteroatoms. The van der Waals surface area contributed by atoms with Crippen LogP contribution in [0.5, 0.6) is 0 Å². The number of aromatic nitrogens is 3. The maximum absolute atomic E-state index is 11.4. The molecule has 1 N–H and O–H groups in total. The van der Waals surface area contributed by atoms with Crippen molar-refractivity contribution in [2.24, 2.45) is 7.05 Å². The third kappa shape index (κ3) is 3.14. The number of nitrogens with one attached hydrogen (secondary N) is 1. The predicted octanol–water partition coefficient (Wildman–Crippen LogP) is -0.419. The number of carbonyl (C=O) groups excluding carboxylic acids is 1. The van der Waals surface area contributed by atoms with Gasteiger partial charge in [0.25, 0.3) is 5.91 Å². The van der Waals surface area contributed by atoms with E-state index in [2.05, 4.69) is 15.5 Å². The van der Waals surface area contributed by atoms with Crippen molar-refractivity contribution in [3.63, 3.8) is 0 Å². The van der Waals surface area contributed by atoms with Crippen LogP contribution in [0.2, 0.25) is 0 Å². The van der Waals surface area contributed by atoms with Crippen LogP contribution in [-0.4, -0.2) is 41.2 Å². The van der Waals surface area contributed by atoms with Crippen LogP contribution in [0.4, 0.5) is 0 Å². The Hall–Kier alpha value is -1.43. The number of methoxy groups -OCH3 is 1. The molecule has 6 nitrogen and oxygen atoms in total. The van der Waals surface area contributed by atoms with Crippen LogP contribution in [0.3, 0.4) is 0 Å². The normalized spacial score (nSPS) is 10.1. The van der Waals surface area contributed by atoms with Crippen LogP contribution in [-0.2, 0) is 11.8 Å². The highest BCUT2D eigenvalue weighted by Crippen LogP contribution is 1.90. The van der Waals surface area contributed by atoms with Gasteiger partial charge >= 0.3 is 0 Å². The molecule has 78 valence electrons. The van der Waals surface area contributed by atoms with Crippen LogP contribution in [0.1, 0.15) is 16.9 Å². The molecular formula is C8H14N4O2. The summed E-state index contributed by atoms with van der Waals surface area (Å²) in [7, 11) is 3.30. The standard InChI is InChI=1S/C8H14N4O2/c1-12-10-6-7(11-12)8(13)9-4-3-5-14-2/h6H,3-5H2,1-2H3,(H,9,13). The third-order valence-corrected chi connectivity index (χ3v) is 1.64. The first-order valence-corrected chi connectivity index (χ1v) is 4.37. The molecule has 0 aliphatic rings. The first-order valence-electron chi connectivity index (χ1n) is 4.37. The zero-order valence-electron chi connectivity index (χ0n) is 8.36. The number of hydrogen-bond acceptors (Lipinski definition) is 4. The largest absolute Gasteiger partial charge is 0.385 e. The highest BCUT2D eigenvalue weighted by Gasteiger charge is 2.07. The van der Waals surface area contributed by atoms with E-state index in [1.807, 2.05) is 0 Å². The molecule has 1 rings (SSSR count). The summed E-state index contributed by atoms with van der Waals surface area (Å²) >= 11 is 0. The molecule has 14 heavy (non-hydrogen) atoms. The van der Waals surface area contributed by atoms with Crippen LogP contribution in [0.15, 0.2) is 6.20 Å². The van der Waals surface area contributed by atoms with Crippen LogP contribution < -0.4 is 5.32 Å². The quantitative estimate of drug-likeness (QED) is 0.652. The van der Waals surface area contributed by atoms with Gasteiger partial charge in [-0.2, -0.15) is 9.90 Å². The predicted molar refractivity (Wildman–Crippen MR) is 49.8 cm³/mol. The lowest BCUT2D eigenvalue weighted by Crippen LogP contribution is -2.25. The average Bonchev–Trinajstić information content (AvgIpc) is 2.59. The number of hydrogen-bond donors (Lipinski definition) is 1. The second-order valence-corrected chi connectivity index (χ2v) is 2.82. The Labute approximate surface area is 82.2 Å². The zero-order chi connectivity index (χ0) is 10.4. The molecule has 0 saturated carbocycles. The van der Waals surface area contributed by atoms with Gasteiger partial charge in [0.1, 0.15) is 0 Å². The molecule has 0 aliphatic heterocycles. The Morgan fingerprint density at radius 2 is 2.50 bits per heavy atom. The van der Waals surface area contributed by atoms with Crippen molar-refractivity contribution in [1.82, 2.24) is 20.3 Å². The fourth-order valence-corrected chi connectivity index (χ4v) is 0.959. The number of ether oxygens (including phenoxy) is 1. The van der Waals surface area contributed by atoms with Crippen LogP contribution in [0, 0.1) is 0 Å². The topological polar surface area (TPSA) is 69.0 Å². The first kappa shape index (κ1) is 10.6. The van der Waals surface area contributed by atoms with E-state index in [1.54, 1.807) is 14.2 Å². The minimum absolute atomic E-state index is 0.200. The van der Waals surface area contributed by atoms with Gasteiger partial charge in [-0.1, -0.05) is 0 Å². The molecule has 0 saturated heterocycles.